The van der Waals surface area contributed by atoms with Crippen molar-refractivity contribution in [3.63, 3.8) is 0 Å². The third-order valence-electron chi connectivity index (χ3n) is 3.17. The number of aromatic nitrogens is 1. The summed E-state index contributed by atoms with van der Waals surface area (Å²) in [5, 5.41) is 6.79. The van der Waals surface area contributed by atoms with Crippen LogP contribution in [-0.2, 0) is 0 Å². The van der Waals surface area contributed by atoms with E-state index in [0.29, 0.717) is 0 Å². The molecule has 0 amide bonds. The second-order valence-corrected chi connectivity index (χ2v) is 5.74. The highest BCUT2D eigenvalue weighted by atomic mass is 32.1. The molecule has 0 spiro atoms. The number of methoxy groups -OCH3 is 1. The van der Waals surface area contributed by atoms with Crippen molar-refractivity contribution >= 4 is 11.3 Å². The molecular weight excluding hydrogens is 256 g/mol. The molecule has 102 valence electrons. The van der Waals surface area contributed by atoms with Crippen LogP contribution in [-0.4, -0.2) is 12.1 Å². The second kappa shape index (κ2) is 6.17. The maximum atomic E-state index is 5.26. The van der Waals surface area contributed by atoms with E-state index in [-0.39, 0.29) is 12.1 Å². The van der Waals surface area contributed by atoms with E-state index in [1.54, 1.807) is 18.4 Å². The van der Waals surface area contributed by atoms with Crippen molar-refractivity contribution in [1.29, 1.82) is 0 Å². The summed E-state index contributed by atoms with van der Waals surface area (Å²) in [7, 11) is 1.69. The monoisotopic (exact) mass is 276 g/mol. The number of aryl methyl sites for hydroxylation is 1. The van der Waals surface area contributed by atoms with Crippen LogP contribution in [0.3, 0.4) is 0 Å². The molecule has 1 unspecified atom stereocenters. The van der Waals surface area contributed by atoms with Gasteiger partial charge in [0.15, 0.2) is 0 Å². The Morgan fingerprint density at radius 1 is 1.26 bits per heavy atom. The van der Waals surface area contributed by atoms with Gasteiger partial charge in [-0.3, -0.25) is 0 Å². The molecule has 0 saturated heterocycles. The molecule has 0 saturated carbocycles. The SMILES string of the molecule is COc1cccc([C@H](C)NC(C)c2csc(C)n2)c1. The van der Waals surface area contributed by atoms with Gasteiger partial charge in [0.1, 0.15) is 5.75 Å². The van der Waals surface area contributed by atoms with Gasteiger partial charge in [-0.1, -0.05) is 12.1 Å². The molecule has 2 atom stereocenters. The topological polar surface area (TPSA) is 34.1 Å². The van der Waals surface area contributed by atoms with Gasteiger partial charge >= 0.3 is 0 Å². The lowest BCUT2D eigenvalue weighted by atomic mass is 10.1. The van der Waals surface area contributed by atoms with Crippen LogP contribution in [0.2, 0.25) is 0 Å². The van der Waals surface area contributed by atoms with E-state index in [2.05, 4.69) is 41.7 Å². The predicted octanol–water partition coefficient (Wildman–Crippen LogP) is 3.87. The fourth-order valence-corrected chi connectivity index (χ4v) is 2.75. The first-order chi connectivity index (χ1) is 9.10. The summed E-state index contributed by atoms with van der Waals surface area (Å²) in [5.74, 6) is 0.892. The van der Waals surface area contributed by atoms with Crippen LogP contribution in [0.5, 0.6) is 5.75 Å². The number of nitrogens with one attached hydrogen (secondary N) is 1. The summed E-state index contributed by atoms with van der Waals surface area (Å²) in [5.41, 5.74) is 2.33. The van der Waals surface area contributed by atoms with E-state index >= 15 is 0 Å². The number of thiazole rings is 1. The van der Waals surface area contributed by atoms with Crippen LogP contribution in [0, 0.1) is 6.92 Å². The van der Waals surface area contributed by atoms with Gasteiger partial charge < -0.3 is 10.1 Å². The minimum Gasteiger partial charge on any atom is -0.497 e. The van der Waals surface area contributed by atoms with Gasteiger partial charge in [-0.05, 0) is 38.5 Å². The number of nitrogens with zero attached hydrogens (tertiary/aromatic N) is 1. The van der Waals surface area contributed by atoms with E-state index in [0.717, 1.165) is 16.5 Å². The number of hydrogen-bond acceptors (Lipinski definition) is 4. The Balaban J connectivity index is 2.05. The molecule has 3 nitrogen and oxygen atoms in total. The number of ether oxygens (including phenoxy) is 1. The molecule has 0 aliphatic rings. The molecule has 1 aromatic carbocycles. The van der Waals surface area contributed by atoms with E-state index < -0.39 is 0 Å². The molecule has 0 aliphatic heterocycles. The minimum atomic E-state index is 0.242. The van der Waals surface area contributed by atoms with Crippen LogP contribution in [0.4, 0.5) is 0 Å². The molecule has 0 fully saturated rings. The Hall–Kier alpha value is -1.39. The Morgan fingerprint density at radius 3 is 2.68 bits per heavy atom. The largest absolute Gasteiger partial charge is 0.497 e. The molecule has 4 heteroatoms. The van der Waals surface area contributed by atoms with Crippen LogP contribution in [0.1, 0.15) is 42.2 Å². The quantitative estimate of drug-likeness (QED) is 0.900. The molecule has 0 aliphatic carbocycles. The standard InChI is InChI=1S/C15H20N2OS/c1-10(13-6-5-7-14(8-13)18-4)16-11(2)15-9-19-12(3)17-15/h5-11,16H,1-4H3/t10-,11?/m0/s1. The van der Waals surface area contributed by atoms with Crippen molar-refractivity contribution in [3.05, 3.63) is 45.9 Å². The highest BCUT2D eigenvalue weighted by molar-refractivity contribution is 7.09. The zero-order valence-corrected chi connectivity index (χ0v) is 12.6. The first kappa shape index (κ1) is 14.0. The van der Waals surface area contributed by atoms with E-state index in [1.807, 2.05) is 19.1 Å². The lowest BCUT2D eigenvalue weighted by molar-refractivity contribution is 0.412. The van der Waals surface area contributed by atoms with Gasteiger partial charge in [0.2, 0.25) is 0 Å². The third-order valence-corrected chi connectivity index (χ3v) is 3.97. The summed E-state index contributed by atoms with van der Waals surface area (Å²) in [6.07, 6.45) is 0. The first-order valence-corrected chi connectivity index (χ1v) is 7.30. The van der Waals surface area contributed by atoms with Crippen molar-refractivity contribution < 1.29 is 4.74 Å². The molecule has 19 heavy (non-hydrogen) atoms. The van der Waals surface area contributed by atoms with E-state index in [9.17, 15) is 0 Å². The fourth-order valence-electron chi connectivity index (χ4n) is 2.05. The average molecular weight is 276 g/mol. The number of rotatable bonds is 5. The van der Waals surface area contributed by atoms with Gasteiger partial charge in [-0.2, -0.15) is 0 Å². The minimum absolute atomic E-state index is 0.242. The van der Waals surface area contributed by atoms with Gasteiger partial charge in [-0.15, -0.1) is 11.3 Å². The summed E-state index contributed by atoms with van der Waals surface area (Å²) in [4.78, 5) is 4.52. The van der Waals surface area contributed by atoms with Crippen LogP contribution >= 0.6 is 11.3 Å². The van der Waals surface area contributed by atoms with Crippen molar-refractivity contribution in [2.75, 3.05) is 7.11 Å². The van der Waals surface area contributed by atoms with Crippen molar-refractivity contribution in [2.24, 2.45) is 0 Å². The average Bonchev–Trinajstić information content (AvgIpc) is 2.85. The van der Waals surface area contributed by atoms with Gasteiger partial charge in [0.25, 0.3) is 0 Å². The molecular formula is C15H20N2OS. The highest BCUT2D eigenvalue weighted by Gasteiger charge is 2.13. The highest BCUT2D eigenvalue weighted by Crippen LogP contribution is 2.23. The predicted molar refractivity (Wildman–Crippen MR) is 79.8 cm³/mol. The summed E-state index contributed by atoms with van der Waals surface area (Å²) >= 11 is 1.69. The van der Waals surface area contributed by atoms with E-state index in [1.165, 1.54) is 5.56 Å². The second-order valence-electron chi connectivity index (χ2n) is 4.68. The summed E-state index contributed by atoms with van der Waals surface area (Å²) in [6, 6.07) is 8.65. The number of benzene rings is 1. The first-order valence-electron chi connectivity index (χ1n) is 6.42. The molecule has 2 aromatic rings. The van der Waals surface area contributed by atoms with Gasteiger partial charge in [0, 0.05) is 17.5 Å². The van der Waals surface area contributed by atoms with Crippen molar-refractivity contribution in [2.45, 2.75) is 32.9 Å². The number of hydrogen-bond donors (Lipinski definition) is 1. The zero-order chi connectivity index (χ0) is 13.8. The molecule has 0 bridgehead atoms. The third kappa shape index (κ3) is 3.55. The molecule has 1 heterocycles. The normalized spacial score (nSPS) is 14.1. The summed E-state index contributed by atoms with van der Waals surface area (Å²) < 4.78 is 5.26. The Morgan fingerprint density at radius 2 is 2.05 bits per heavy atom. The lowest BCUT2D eigenvalue weighted by Gasteiger charge is -2.19. The lowest BCUT2D eigenvalue weighted by Crippen LogP contribution is -2.22. The van der Waals surface area contributed by atoms with Crippen molar-refractivity contribution in [3.8, 4) is 5.75 Å². The smallest absolute Gasteiger partial charge is 0.119 e. The molecule has 0 radical (unpaired) electrons. The van der Waals surface area contributed by atoms with Crippen LogP contribution in [0.15, 0.2) is 29.6 Å². The maximum absolute atomic E-state index is 5.26. The van der Waals surface area contributed by atoms with Gasteiger partial charge in [0.05, 0.1) is 17.8 Å². The van der Waals surface area contributed by atoms with Crippen molar-refractivity contribution in [1.82, 2.24) is 10.3 Å². The van der Waals surface area contributed by atoms with Crippen LogP contribution < -0.4 is 10.1 Å². The molecule has 1 N–H and O–H groups in total. The zero-order valence-electron chi connectivity index (χ0n) is 11.8. The Kier molecular flexibility index (Phi) is 4.56. The molecule has 2 rings (SSSR count). The van der Waals surface area contributed by atoms with E-state index in [4.69, 9.17) is 4.74 Å². The fraction of sp³-hybridized carbons (Fsp3) is 0.400. The maximum Gasteiger partial charge on any atom is 0.119 e. The Bertz CT molecular complexity index is 538. The molecule has 1 aromatic heterocycles. The van der Waals surface area contributed by atoms with Crippen LogP contribution in [0.25, 0.3) is 0 Å². The summed E-state index contributed by atoms with van der Waals surface area (Å²) in [6.45, 7) is 6.34. The van der Waals surface area contributed by atoms with Gasteiger partial charge in [-0.25, -0.2) is 4.98 Å². The Labute approximate surface area is 118 Å².